The second kappa shape index (κ2) is 5.22. The largest absolute Gasteiger partial charge is 0.384 e. The van der Waals surface area contributed by atoms with Gasteiger partial charge in [0, 0.05) is 18.1 Å². The molecule has 0 saturated heterocycles. The van der Waals surface area contributed by atoms with Crippen molar-refractivity contribution >= 4 is 16.9 Å². The van der Waals surface area contributed by atoms with Crippen molar-refractivity contribution in [2.24, 2.45) is 0 Å². The average molecular weight is 277 g/mol. The Morgan fingerprint density at radius 3 is 2.80 bits per heavy atom. The van der Waals surface area contributed by atoms with E-state index in [-0.39, 0.29) is 12.3 Å². The third kappa shape index (κ3) is 2.97. The van der Waals surface area contributed by atoms with E-state index in [9.17, 15) is 9.90 Å². The Balaban J connectivity index is 2.28. The van der Waals surface area contributed by atoms with E-state index in [4.69, 9.17) is 4.84 Å². The van der Waals surface area contributed by atoms with Gasteiger partial charge in [0.2, 0.25) is 0 Å². The summed E-state index contributed by atoms with van der Waals surface area (Å²) < 4.78 is 0. The van der Waals surface area contributed by atoms with Crippen molar-refractivity contribution < 1.29 is 14.7 Å². The third-order valence-corrected chi connectivity index (χ3v) is 3.13. The Hall–Kier alpha value is -1.92. The van der Waals surface area contributed by atoms with Crippen LogP contribution < -0.4 is 0 Å². The second-order valence-corrected chi connectivity index (χ2v) is 5.24. The molecule has 108 valence electrons. The Bertz CT molecular complexity index is 628. The fraction of sp³-hybridized carbons (Fsp3) is 0.429. The van der Waals surface area contributed by atoms with Gasteiger partial charge in [-0.25, -0.2) is 10.0 Å². The molecule has 0 radical (unpaired) electrons. The molecule has 0 unspecified atom stereocenters. The predicted octanol–water partition coefficient (Wildman–Crippen LogP) is 1.35. The zero-order chi connectivity index (χ0) is 14.9. The number of fused-ring (bicyclic) bond motifs is 1. The Kier molecular flexibility index (Phi) is 3.78. The molecule has 0 fully saturated rings. The number of carbonyl (C=O) groups excluding carboxylic acids is 1. The minimum Gasteiger partial charge on any atom is -0.384 e. The molecule has 6 nitrogen and oxygen atoms in total. The summed E-state index contributed by atoms with van der Waals surface area (Å²) in [7, 11) is 3.01. The lowest BCUT2D eigenvalue weighted by molar-refractivity contribution is -0.167. The maximum atomic E-state index is 11.8. The van der Waals surface area contributed by atoms with Gasteiger partial charge in [-0.1, -0.05) is 0 Å². The van der Waals surface area contributed by atoms with Crippen molar-refractivity contribution in [1.82, 2.24) is 15.0 Å². The highest BCUT2D eigenvalue weighted by atomic mass is 16.7. The van der Waals surface area contributed by atoms with Crippen molar-refractivity contribution in [1.29, 1.82) is 0 Å². The lowest BCUT2D eigenvalue weighted by atomic mass is 10.0. The number of aliphatic hydroxyl groups is 1. The topological polar surface area (TPSA) is 78.4 Å². The molecule has 2 N–H and O–H groups in total. The van der Waals surface area contributed by atoms with Gasteiger partial charge in [0.25, 0.3) is 5.91 Å². The summed E-state index contributed by atoms with van der Waals surface area (Å²) in [5, 5.41) is 12.0. The first-order chi connectivity index (χ1) is 9.31. The normalized spacial score (nSPS) is 11.8. The molecule has 0 aliphatic carbocycles. The first-order valence-corrected chi connectivity index (χ1v) is 6.33. The number of likely N-dealkylation sites (N-methyl/N-ethyl adjacent to an activating group) is 1. The zero-order valence-corrected chi connectivity index (χ0v) is 12.1. The Morgan fingerprint density at radius 1 is 1.50 bits per heavy atom. The van der Waals surface area contributed by atoms with Crippen LogP contribution in [0.1, 0.15) is 25.2 Å². The Morgan fingerprint density at radius 2 is 2.20 bits per heavy atom. The fourth-order valence-corrected chi connectivity index (χ4v) is 1.87. The molecule has 0 bridgehead atoms. The number of nitrogens with one attached hydrogen (secondary N) is 1. The van der Waals surface area contributed by atoms with Crippen molar-refractivity contribution in [3.63, 3.8) is 0 Å². The van der Waals surface area contributed by atoms with Crippen molar-refractivity contribution in [2.45, 2.75) is 25.9 Å². The van der Waals surface area contributed by atoms with Crippen LogP contribution in [0.4, 0.5) is 0 Å². The van der Waals surface area contributed by atoms with E-state index in [0.717, 1.165) is 11.1 Å². The summed E-state index contributed by atoms with van der Waals surface area (Å²) in [6, 6.07) is 5.53. The van der Waals surface area contributed by atoms with E-state index >= 15 is 0 Å². The lowest BCUT2D eigenvalue weighted by Crippen LogP contribution is -2.27. The summed E-state index contributed by atoms with van der Waals surface area (Å²) in [6.07, 6.45) is 0.207. The van der Waals surface area contributed by atoms with Crippen molar-refractivity contribution in [3.05, 3.63) is 29.6 Å². The number of hydroxylamine groups is 2. The van der Waals surface area contributed by atoms with Crippen LogP contribution in [0.5, 0.6) is 0 Å². The minimum atomic E-state index is -0.994. The summed E-state index contributed by atoms with van der Waals surface area (Å²) >= 11 is 0. The number of amides is 1. The van der Waals surface area contributed by atoms with Gasteiger partial charge in [-0.15, -0.1) is 0 Å². The van der Waals surface area contributed by atoms with Gasteiger partial charge in [0.15, 0.2) is 0 Å². The number of hydrogen-bond acceptors (Lipinski definition) is 4. The summed E-state index contributed by atoms with van der Waals surface area (Å²) in [5.74, 6) is -0.151. The van der Waals surface area contributed by atoms with Crippen LogP contribution in [0, 0.1) is 0 Å². The molecular weight excluding hydrogens is 258 g/mol. The molecule has 0 aliphatic rings. The molecule has 1 amide bonds. The van der Waals surface area contributed by atoms with E-state index in [0.29, 0.717) is 11.3 Å². The van der Waals surface area contributed by atoms with E-state index in [1.807, 2.05) is 12.1 Å². The number of pyridine rings is 1. The number of nitrogens with zero attached hydrogens (tertiary/aromatic N) is 2. The van der Waals surface area contributed by atoms with Crippen LogP contribution in [0.25, 0.3) is 11.0 Å². The van der Waals surface area contributed by atoms with E-state index < -0.39 is 5.60 Å². The molecule has 2 aromatic rings. The fourth-order valence-electron chi connectivity index (χ4n) is 1.87. The molecule has 0 saturated carbocycles. The Labute approximate surface area is 117 Å². The monoisotopic (exact) mass is 277 g/mol. The minimum absolute atomic E-state index is 0.151. The van der Waals surface area contributed by atoms with E-state index in [1.54, 1.807) is 27.0 Å². The molecule has 6 heteroatoms. The van der Waals surface area contributed by atoms with Crippen LogP contribution in [0.3, 0.4) is 0 Å². The lowest BCUT2D eigenvalue weighted by Gasteiger charge is -2.15. The van der Waals surface area contributed by atoms with Gasteiger partial charge in [-0.05, 0) is 32.0 Å². The molecule has 2 heterocycles. The highest BCUT2D eigenvalue weighted by molar-refractivity contribution is 5.81. The number of carbonyl (C=O) groups is 1. The number of aromatic amines is 1. The third-order valence-electron chi connectivity index (χ3n) is 3.13. The molecule has 2 aromatic heterocycles. The first-order valence-electron chi connectivity index (χ1n) is 6.33. The smallest absolute Gasteiger partial charge is 0.251 e. The highest BCUT2D eigenvalue weighted by Crippen LogP contribution is 2.21. The number of aromatic nitrogens is 2. The summed E-state index contributed by atoms with van der Waals surface area (Å²) in [4.78, 5) is 24.1. The first kappa shape index (κ1) is 14.5. The second-order valence-electron chi connectivity index (χ2n) is 5.24. The maximum absolute atomic E-state index is 11.8. The van der Waals surface area contributed by atoms with Gasteiger partial charge < -0.3 is 10.1 Å². The number of hydrogen-bond donors (Lipinski definition) is 2. The van der Waals surface area contributed by atoms with Gasteiger partial charge >= 0.3 is 0 Å². The van der Waals surface area contributed by atoms with Crippen molar-refractivity contribution in [2.75, 3.05) is 14.2 Å². The van der Waals surface area contributed by atoms with Crippen molar-refractivity contribution in [3.8, 4) is 0 Å². The highest BCUT2D eigenvalue weighted by Gasteiger charge is 2.19. The standard InChI is InChI=1S/C14H19N3O3/c1-14(2,19)11-6-5-9-7-10(15-13(9)16-11)8-12(18)17(3)20-4/h5-7,19H,8H2,1-4H3,(H,15,16). The number of H-pyrrole nitrogens is 1. The molecule has 0 atom stereocenters. The van der Waals surface area contributed by atoms with Gasteiger partial charge in [-0.2, -0.15) is 0 Å². The molecule has 0 aliphatic heterocycles. The van der Waals surface area contributed by atoms with E-state index in [1.165, 1.54) is 12.2 Å². The molecule has 2 rings (SSSR count). The molecule has 0 spiro atoms. The molecule has 20 heavy (non-hydrogen) atoms. The summed E-state index contributed by atoms with van der Waals surface area (Å²) in [5.41, 5.74) is 1.01. The maximum Gasteiger partial charge on any atom is 0.251 e. The number of rotatable bonds is 4. The zero-order valence-electron chi connectivity index (χ0n) is 12.1. The van der Waals surface area contributed by atoms with Gasteiger partial charge in [0.1, 0.15) is 11.2 Å². The van der Waals surface area contributed by atoms with Gasteiger partial charge in [0.05, 0.1) is 19.2 Å². The molecular formula is C14H19N3O3. The molecule has 0 aromatic carbocycles. The van der Waals surface area contributed by atoms with Crippen LogP contribution in [-0.4, -0.2) is 40.2 Å². The average Bonchev–Trinajstić information content (AvgIpc) is 2.77. The van der Waals surface area contributed by atoms with Crippen LogP contribution in [0.15, 0.2) is 18.2 Å². The summed E-state index contributed by atoms with van der Waals surface area (Å²) in [6.45, 7) is 3.37. The van der Waals surface area contributed by atoms with Crippen LogP contribution in [-0.2, 0) is 21.7 Å². The van der Waals surface area contributed by atoms with Gasteiger partial charge in [-0.3, -0.25) is 9.63 Å². The SMILES string of the molecule is CON(C)C(=O)Cc1cc2ccc(C(C)(C)O)nc2[nH]1. The van der Waals surface area contributed by atoms with Crippen LogP contribution >= 0.6 is 0 Å². The van der Waals surface area contributed by atoms with Crippen LogP contribution in [0.2, 0.25) is 0 Å². The quantitative estimate of drug-likeness (QED) is 0.827. The predicted molar refractivity (Wildman–Crippen MR) is 74.8 cm³/mol. The van der Waals surface area contributed by atoms with E-state index in [2.05, 4.69) is 9.97 Å².